The normalized spacial score (nSPS) is 10.7. The number of aryl methyl sites for hydroxylation is 3. The molecular formula is C18H18N4OS2. The van der Waals surface area contributed by atoms with Crippen LogP contribution in [-0.4, -0.2) is 26.8 Å². The molecule has 3 aromatic rings. The molecule has 3 rings (SSSR count). The third-order valence-electron chi connectivity index (χ3n) is 3.53. The molecule has 0 aliphatic heterocycles. The van der Waals surface area contributed by atoms with Crippen molar-refractivity contribution in [1.82, 2.24) is 15.2 Å². The van der Waals surface area contributed by atoms with Gasteiger partial charge in [0.05, 0.1) is 17.1 Å². The van der Waals surface area contributed by atoms with Gasteiger partial charge in [-0.15, -0.1) is 21.5 Å². The Morgan fingerprint density at radius 3 is 2.68 bits per heavy atom. The molecule has 0 fully saturated rings. The fraction of sp³-hybridized carbons (Fsp3) is 0.222. The van der Waals surface area contributed by atoms with Crippen molar-refractivity contribution in [2.75, 3.05) is 11.1 Å². The van der Waals surface area contributed by atoms with Crippen LogP contribution in [-0.2, 0) is 4.79 Å². The number of rotatable bonds is 5. The van der Waals surface area contributed by atoms with E-state index in [-0.39, 0.29) is 11.7 Å². The minimum atomic E-state index is -0.0974. The first-order valence-electron chi connectivity index (χ1n) is 7.77. The zero-order chi connectivity index (χ0) is 17.8. The van der Waals surface area contributed by atoms with E-state index in [1.165, 1.54) is 34.2 Å². The lowest BCUT2D eigenvalue weighted by Crippen LogP contribution is -2.14. The molecule has 0 atom stereocenters. The zero-order valence-corrected chi connectivity index (χ0v) is 15.9. The molecule has 2 heterocycles. The molecule has 128 valence electrons. The molecule has 7 heteroatoms. The molecule has 1 aromatic carbocycles. The van der Waals surface area contributed by atoms with Crippen molar-refractivity contribution in [2.24, 2.45) is 0 Å². The number of thiazole rings is 1. The van der Waals surface area contributed by atoms with Crippen LogP contribution in [0.15, 0.2) is 40.7 Å². The van der Waals surface area contributed by atoms with Crippen molar-refractivity contribution in [2.45, 2.75) is 25.8 Å². The Morgan fingerprint density at radius 1 is 1.16 bits per heavy atom. The van der Waals surface area contributed by atoms with Crippen LogP contribution in [0.1, 0.15) is 16.8 Å². The van der Waals surface area contributed by atoms with E-state index < -0.39 is 0 Å². The summed E-state index contributed by atoms with van der Waals surface area (Å²) < 4.78 is 0. The Morgan fingerprint density at radius 2 is 2.00 bits per heavy atom. The second kappa shape index (κ2) is 7.76. The van der Waals surface area contributed by atoms with Crippen LogP contribution in [0, 0.1) is 20.8 Å². The second-order valence-corrected chi connectivity index (χ2v) is 7.56. The topological polar surface area (TPSA) is 67.8 Å². The minimum absolute atomic E-state index is 0.0974. The first-order chi connectivity index (χ1) is 12.0. The Hall–Kier alpha value is -2.25. The quantitative estimate of drug-likeness (QED) is 0.680. The van der Waals surface area contributed by atoms with Gasteiger partial charge in [-0.25, -0.2) is 4.98 Å². The Kier molecular flexibility index (Phi) is 5.45. The number of benzene rings is 1. The van der Waals surface area contributed by atoms with E-state index in [1.807, 2.05) is 24.4 Å². The van der Waals surface area contributed by atoms with E-state index in [9.17, 15) is 4.79 Å². The van der Waals surface area contributed by atoms with Crippen molar-refractivity contribution >= 4 is 34.1 Å². The highest BCUT2D eigenvalue weighted by atomic mass is 32.2. The SMILES string of the molecule is Cc1ccc(C)c(-c2ccc(SCC(=O)Nc3nc(C)cs3)nn2)c1. The highest BCUT2D eigenvalue weighted by Gasteiger charge is 2.09. The van der Waals surface area contributed by atoms with Gasteiger partial charge in [0.25, 0.3) is 0 Å². The predicted octanol–water partition coefficient (Wildman–Crippen LogP) is 4.26. The van der Waals surface area contributed by atoms with Crippen LogP contribution >= 0.6 is 23.1 Å². The van der Waals surface area contributed by atoms with Crippen LogP contribution in [0.4, 0.5) is 5.13 Å². The summed E-state index contributed by atoms with van der Waals surface area (Å²) in [7, 11) is 0. The summed E-state index contributed by atoms with van der Waals surface area (Å²) in [6.07, 6.45) is 0. The third kappa shape index (κ3) is 4.64. The smallest absolute Gasteiger partial charge is 0.236 e. The number of nitrogens with one attached hydrogen (secondary N) is 1. The molecule has 0 spiro atoms. The van der Waals surface area contributed by atoms with E-state index in [0.717, 1.165) is 22.0 Å². The summed E-state index contributed by atoms with van der Waals surface area (Å²) in [6, 6.07) is 10.1. The Balaban J connectivity index is 1.61. The molecule has 2 aromatic heterocycles. The second-order valence-electron chi connectivity index (χ2n) is 5.71. The average Bonchev–Trinajstić information content (AvgIpc) is 3.00. The maximum absolute atomic E-state index is 12.0. The first-order valence-corrected chi connectivity index (χ1v) is 9.64. The van der Waals surface area contributed by atoms with Gasteiger partial charge in [0.1, 0.15) is 5.03 Å². The monoisotopic (exact) mass is 370 g/mol. The van der Waals surface area contributed by atoms with Crippen LogP contribution in [0.5, 0.6) is 0 Å². The minimum Gasteiger partial charge on any atom is -0.301 e. The number of anilines is 1. The maximum Gasteiger partial charge on any atom is 0.236 e. The maximum atomic E-state index is 12.0. The lowest BCUT2D eigenvalue weighted by atomic mass is 10.0. The van der Waals surface area contributed by atoms with Crippen molar-refractivity contribution in [1.29, 1.82) is 0 Å². The van der Waals surface area contributed by atoms with Crippen molar-refractivity contribution < 1.29 is 4.79 Å². The molecule has 5 nitrogen and oxygen atoms in total. The van der Waals surface area contributed by atoms with E-state index in [1.54, 1.807) is 0 Å². The number of thioether (sulfide) groups is 1. The van der Waals surface area contributed by atoms with Crippen LogP contribution in [0.2, 0.25) is 0 Å². The standard InChI is InChI=1S/C18H18N4OS2/c1-11-4-5-12(2)14(8-11)15-6-7-17(22-21-15)24-10-16(23)20-18-19-13(3)9-25-18/h4-9H,10H2,1-3H3,(H,19,20,23). The van der Waals surface area contributed by atoms with Gasteiger partial charge in [0.2, 0.25) is 5.91 Å². The molecule has 25 heavy (non-hydrogen) atoms. The van der Waals surface area contributed by atoms with Gasteiger partial charge < -0.3 is 5.32 Å². The van der Waals surface area contributed by atoms with Gasteiger partial charge in [-0.1, -0.05) is 29.5 Å². The van der Waals surface area contributed by atoms with E-state index >= 15 is 0 Å². The molecule has 1 amide bonds. The highest BCUT2D eigenvalue weighted by Crippen LogP contribution is 2.24. The molecule has 0 bridgehead atoms. The van der Waals surface area contributed by atoms with E-state index in [4.69, 9.17) is 0 Å². The molecule has 0 unspecified atom stereocenters. The van der Waals surface area contributed by atoms with Crippen LogP contribution in [0.3, 0.4) is 0 Å². The van der Waals surface area contributed by atoms with E-state index in [0.29, 0.717) is 5.13 Å². The molecule has 0 saturated heterocycles. The number of hydrogen-bond acceptors (Lipinski definition) is 6. The first kappa shape index (κ1) is 17.6. The molecule has 0 aliphatic carbocycles. The lowest BCUT2D eigenvalue weighted by Gasteiger charge is -2.06. The molecule has 0 radical (unpaired) electrons. The van der Waals surface area contributed by atoms with Gasteiger partial charge in [0.15, 0.2) is 5.13 Å². The Bertz CT molecular complexity index is 890. The average molecular weight is 371 g/mol. The van der Waals surface area contributed by atoms with Gasteiger partial charge in [-0.05, 0) is 44.5 Å². The van der Waals surface area contributed by atoms with Crippen molar-refractivity contribution in [3.63, 3.8) is 0 Å². The fourth-order valence-corrected chi connectivity index (χ4v) is 3.58. The third-order valence-corrected chi connectivity index (χ3v) is 5.32. The number of hydrogen-bond donors (Lipinski definition) is 1. The molecule has 0 aliphatic rings. The summed E-state index contributed by atoms with van der Waals surface area (Å²) >= 11 is 2.78. The van der Waals surface area contributed by atoms with Gasteiger partial charge >= 0.3 is 0 Å². The predicted molar refractivity (Wildman–Crippen MR) is 103 cm³/mol. The van der Waals surface area contributed by atoms with Crippen molar-refractivity contribution in [3.8, 4) is 11.3 Å². The number of amides is 1. The van der Waals surface area contributed by atoms with Crippen LogP contribution < -0.4 is 5.32 Å². The Labute approximate surface area is 154 Å². The molecule has 1 N–H and O–H groups in total. The number of carbonyl (C=O) groups excluding carboxylic acids is 1. The number of nitrogens with zero attached hydrogens (tertiary/aromatic N) is 3. The summed E-state index contributed by atoms with van der Waals surface area (Å²) in [5, 5.41) is 14.6. The van der Waals surface area contributed by atoms with Crippen LogP contribution in [0.25, 0.3) is 11.3 Å². The van der Waals surface area contributed by atoms with Gasteiger partial charge in [0, 0.05) is 10.9 Å². The number of carbonyl (C=O) groups is 1. The fourth-order valence-electron chi connectivity index (χ4n) is 2.26. The van der Waals surface area contributed by atoms with E-state index in [2.05, 4.69) is 52.5 Å². The zero-order valence-electron chi connectivity index (χ0n) is 14.2. The van der Waals surface area contributed by atoms with Gasteiger partial charge in [-0.3, -0.25) is 4.79 Å². The largest absolute Gasteiger partial charge is 0.301 e. The summed E-state index contributed by atoms with van der Waals surface area (Å²) in [6.45, 7) is 6.01. The van der Waals surface area contributed by atoms with Gasteiger partial charge in [-0.2, -0.15) is 0 Å². The highest BCUT2D eigenvalue weighted by molar-refractivity contribution is 7.99. The summed E-state index contributed by atoms with van der Waals surface area (Å²) in [5.74, 6) is 0.176. The lowest BCUT2D eigenvalue weighted by molar-refractivity contribution is -0.113. The summed E-state index contributed by atoms with van der Waals surface area (Å²) in [4.78, 5) is 16.2. The number of aromatic nitrogens is 3. The molecular weight excluding hydrogens is 352 g/mol. The van der Waals surface area contributed by atoms with Crippen molar-refractivity contribution in [3.05, 3.63) is 52.5 Å². The molecule has 0 saturated carbocycles. The summed E-state index contributed by atoms with van der Waals surface area (Å²) in [5.41, 5.74) is 5.18.